The molecule has 3 nitrogen and oxygen atoms in total. The van der Waals surface area contributed by atoms with E-state index in [-0.39, 0.29) is 17.3 Å². The van der Waals surface area contributed by atoms with Crippen molar-refractivity contribution in [3.63, 3.8) is 0 Å². The summed E-state index contributed by atoms with van der Waals surface area (Å²) in [6.07, 6.45) is 18.5. The number of rotatable bonds is 0. The largest absolute Gasteiger partial charge is 0.289 e. The molecule has 0 radical (unpaired) electrons. The average molecular weight is 340 g/mol. The molecule has 0 aromatic carbocycles. The van der Waals surface area contributed by atoms with Crippen molar-refractivity contribution in [3.8, 4) is 0 Å². The van der Waals surface area contributed by atoms with Crippen molar-refractivity contribution in [2.24, 2.45) is 0 Å². The Bertz CT molecular complexity index is 975. The minimum absolute atomic E-state index is 0.0494. The van der Waals surface area contributed by atoms with Gasteiger partial charge in [-0.15, -0.1) is 0 Å². The molecule has 0 saturated carbocycles. The van der Waals surface area contributed by atoms with Gasteiger partial charge in [0.1, 0.15) is 0 Å². The lowest BCUT2D eigenvalue weighted by Gasteiger charge is -2.14. The number of ketones is 3. The van der Waals surface area contributed by atoms with Crippen LogP contribution in [0.25, 0.3) is 0 Å². The predicted molar refractivity (Wildman–Crippen MR) is 98.2 cm³/mol. The van der Waals surface area contributed by atoms with E-state index < -0.39 is 0 Å². The highest BCUT2D eigenvalue weighted by molar-refractivity contribution is 6.28. The van der Waals surface area contributed by atoms with E-state index in [4.69, 9.17) is 0 Å². The van der Waals surface area contributed by atoms with Crippen molar-refractivity contribution in [2.75, 3.05) is 0 Å². The monoisotopic (exact) mass is 340 g/mol. The molecule has 0 aromatic heterocycles. The van der Waals surface area contributed by atoms with Gasteiger partial charge in [-0.1, -0.05) is 48.6 Å². The lowest BCUT2D eigenvalue weighted by molar-refractivity contribution is -0.116. The van der Waals surface area contributed by atoms with E-state index in [0.29, 0.717) is 35.1 Å². The molecule has 0 saturated heterocycles. The fourth-order valence-electron chi connectivity index (χ4n) is 4.34. The lowest BCUT2D eigenvalue weighted by Crippen LogP contribution is -2.19. The molecule has 3 heteroatoms. The van der Waals surface area contributed by atoms with Gasteiger partial charge in [0.2, 0.25) is 0 Å². The SMILES string of the molecule is O=C1C2=C(CC=C2)C(=O)C2=C1CC=C2.O=C1C2=C(CC=C2)C2=C1C=CC2. The Morgan fingerprint density at radius 1 is 0.423 bits per heavy atom. The molecular weight excluding hydrogens is 324 g/mol. The van der Waals surface area contributed by atoms with Crippen LogP contribution in [-0.4, -0.2) is 17.3 Å². The molecule has 0 N–H and O–H groups in total. The maximum absolute atomic E-state index is 11.9. The normalized spacial score (nSPS) is 24.1. The van der Waals surface area contributed by atoms with Crippen LogP contribution in [0.3, 0.4) is 0 Å². The van der Waals surface area contributed by atoms with Gasteiger partial charge in [-0.3, -0.25) is 14.4 Å². The number of hydrogen-bond donors (Lipinski definition) is 0. The summed E-state index contributed by atoms with van der Waals surface area (Å²) in [5, 5.41) is 0. The second-order valence-corrected chi connectivity index (χ2v) is 6.98. The van der Waals surface area contributed by atoms with E-state index in [1.165, 1.54) is 11.1 Å². The first-order valence-corrected chi connectivity index (χ1v) is 8.90. The summed E-state index contributed by atoms with van der Waals surface area (Å²) in [5.41, 5.74) is 7.06. The molecule has 6 aliphatic carbocycles. The van der Waals surface area contributed by atoms with E-state index in [1.54, 1.807) is 12.2 Å². The molecule has 6 aliphatic rings. The average Bonchev–Trinajstić information content (AvgIpc) is 3.43. The smallest absolute Gasteiger partial charge is 0.193 e. The maximum Gasteiger partial charge on any atom is 0.193 e. The Hall–Kier alpha value is -3.07. The van der Waals surface area contributed by atoms with Crippen LogP contribution in [0.15, 0.2) is 93.2 Å². The van der Waals surface area contributed by atoms with E-state index in [2.05, 4.69) is 12.2 Å². The molecule has 0 heterocycles. The Kier molecular flexibility index (Phi) is 3.20. The molecule has 6 rings (SSSR count). The Balaban J connectivity index is 0.000000117. The van der Waals surface area contributed by atoms with Crippen molar-refractivity contribution in [2.45, 2.75) is 25.7 Å². The molecule has 126 valence electrons. The second-order valence-electron chi connectivity index (χ2n) is 6.98. The molecule has 0 atom stereocenters. The highest BCUT2D eigenvalue weighted by Crippen LogP contribution is 2.41. The fraction of sp³-hybridized carbons (Fsp3) is 0.174. The summed E-state index contributed by atoms with van der Waals surface area (Å²) in [7, 11) is 0. The number of carbonyl (C=O) groups excluding carboxylic acids is 3. The first-order valence-electron chi connectivity index (χ1n) is 8.90. The van der Waals surface area contributed by atoms with Crippen LogP contribution < -0.4 is 0 Å². The second kappa shape index (κ2) is 5.46. The summed E-state index contributed by atoms with van der Waals surface area (Å²) in [4.78, 5) is 35.4. The van der Waals surface area contributed by atoms with E-state index in [0.717, 1.165) is 24.0 Å². The summed E-state index contributed by atoms with van der Waals surface area (Å²) in [5.74, 6) is 0.337. The first-order chi connectivity index (χ1) is 12.7. The van der Waals surface area contributed by atoms with Gasteiger partial charge in [0, 0.05) is 33.4 Å². The minimum atomic E-state index is 0.0494. The third-order valence-corrected chi connectivity index (χ3v) is 5.62. The summed E-state index contributed by atoms with van der Waals surface area (Å²) in [6.45, 7) is 0. The van der Waals surface area contributed by atoms with Crippen molar-refractivity contribution in [1.29, 1.82) is 0 Å². The number of carbonyl (C=O) groups is 3. The molecule has 0 aromatic rings. The van der Waals surface area contributed by atoms with Crippen molar-refractivity contribution in [3.05, 3.63) is 93.2 Å². The van der Waals surface area contributed by atoms with Crippen molar-refractivity contribution in [1.82, 2.24) is 0 Å². The number of fused-ring (bicyclic) bond motifs is 1. The third kappa shape index (κ3) is 1.97. The van der Waals surface area contributed by atoms with Crippen LogP contribution in [-0.2, 0) is 14.4 Å². The van der Waals surface area contributed by atoms with E-state index in [9.17, 15) is 14.4 Å². The molecule has 0 amide bonds. The van der Waals surface area contributed by atoms with Gasteiger partial charge in [-0.2, -0.15) is 0 Å². The van der Waals surface area contributed by atoms with Gasteiger partial charge in [0.25, 0.3) is 0 Å². The summed E-state index contributed by atoms with van der Waals surface area (Å²) < 4.78 is 0. The zero-order valence-corrected chi connectivity index (χ0v) is 14.2. The van der Waals surface area contributed by atoms with Crippen LogP contribution in [0.5, 0.6) is 0 Å². The Morgan fingerprint density at radius 3 is 1.12 bits per heavy atom. The molecule has 0 fully saturated rings. The Morgan fingerprint density at radius 2 is 0.731 bits per heavy atom. The van der Waals surface area contributed by atoms with Gasteiger partial charge in [-0.25, -0.2) is 0 Å². The fourth-order valence-corrected chi connectivity index (χ4v) is 4.34. The van der Waals surface area contributed by atoms with E-state index in [1.807, 2.05) is 24.3 Å². The van der Waals surface area contributed by atoms with Gasteiger partial charge in [0.05, 0.1) is 0 Å². The van der Waals surface area contributed by atoms with Gasteiger partial charge < -0.3 is 0 Å². The molecule has 0 unspecified atom stereocenters. The molecule has 26 heavy (non-hydrogen) atoms. The number of Topliss-reactive ketones (excluding diaryl/α,β-unsaturated/α-hetero) is 3. The minimum Gasteiger partial charge on any atom is -0.289 e. The van der Waals surface area contributed by atoms with Gasteiger partial charge in [0.15, 0.2) is 17.3 Å². The zero-order chi connectivity index (χ0) is 17.8. The quantitative estimate of drug-likeness (QED) is 0.631. The molecule has 0 aliphatic heterocycles. The number of allylic oxidation sites excluding steroid dienone is 16. The standard InChI is InChI=1S/C12H8O2.C11H8O/c13-11-7-3-1-4-8(7)12(14)10-6-2-5-9(10)11;12-11-9-5-1-3-7(9)8-4-2-6-10(8)11/h1-3,6H,4-5H2;1-2,5-6H,3-4H2. The highest BCUT2D eigenvalue weighted by Gasteiger charge is 2.34. The number of hydrogen-bond acceptors (Lipinski definition) is 3. The highest BCUT2D eigenvalue weighted by atomic mass is 16.1. The van der Waals surface area contributed by atoms with Crippen LogP contribution in [0.4, 0.5) is 0 Å². The van der Waals surface area contributed by atoms with Crippen LogP contribution >= 0.6 is 0 Å². The van der Waals surface area contributed by atoms with Crippen molar-refractivity contribution < 1.29 is 14.4 Å². The molecule has 0 spiro atoms. The summed E-state index contributed by atoms with van der Waals surface area (Å²) >= 11 is 0. The Labute approximate surface area is 151 Å². The lowest BCUT2D eigenvalue weighted by atomic mass is 9.86. The molecular formula is C23H16O3. The summed E-state index contributed by atoms with van der Waals surface area (Å²) in [6, 6.07) is 0. The van der Waals surface area contributed by atoms with Gasteiger partial charge in [-0.05, 0) is 36.8 Å². The first kappa shape index (κ1) is 15.2. The van der Waals surface area contributed by atoms with Crippen LogP contribution in [0, 0.1) is 0 Å². The predicted octanol–water partition coefficient (Wildman–Crippen LogP) is 3.73. The molecule has 0 bridgehead atoms. The third-order valence-electron chi connectivity index (χ3n) is 5.62. The van der Waals surface area contributed by atoms with Crippen LogP contribution in [0.2, 0.25) is 0 Å². The van der Waals surface area contributed by atoms with Gasteiger partial charge >= 0.3 is 0 Å². The zero-order valence-electron chi connectivity index (χ0n) is 14.2. The van der Waals surface area contributed by atoms with E-state index >= 15 is 0 Å². The van der Waals surface area contributed by atoms with Crippen LogP contribution in [0.1, 0.15) is 25.7 Å². The maximum atomic E-state index is 11.9. The van der Waals surface area contributed by atoms with Crippen molar-refractivity contribution >= 4 is 17.3 Å². The topological polar surface area (TPSA) is 51.2 Å².